The fourth-order valence-electron chi connectivity index (χ4n) is 7.12. The van der Waals surface area contributed by atoms with Gasteiger partial charge in [0.15, 0.2) is 0 Å². The maximum atomic E-state index is 2.90. The first kappa shape index (κ1) is 31.9. The topological polar surface area (TPSA) is 0 Å². The SMILES string of the molecule is CC(C)(C)[Si](C)([Si]([Si](C)(C(C)(C)C)C(C)(C)C)[Si](C)(C(C)(C)C)C(C)(C)C)C(C)(C)C. The molecule has 0 bridgehead atoms. The molecule has 0 aliphatic carbocycles. The van der Waals surface area contributed by atoms with E-state index < -0.39 is 30.1 Å². The molecule has 0 N–H and O–H groups in total. The molecule has 187 valence electrons. The average Bonchev–Trinajstić information content (AvgIpc) is 2.39. The summed E-state index contributed by atoms with van der Waals surface area (Å²) in [6.07, 6.45) is 0. The van der Waals surface area contributed by atoms with Gasteiger partial charge in [-0.1, -0.05) is 144 Å². The molecule has 0 atom stereocenters. The molecule has 0 aliphatic rings. The van der Waals surface area contributed by atoms with E-state index in [2.05, 4.69) is 144 Å². The Hall–Kier alpha value is 0.868. The van der Waals surface area contributed by atoms with E-state index in [0.29, 0.717) is 30.2 Å². The fourth-order valence-corrected chi connectivity index (χ4v) is 111. The Balaban J connectivity index is 8.29. The molecule has 0 aromatic heterocycles. The molecular formula is C27H63Si4. The van der Waals surface area contributed by atoms with E-state index in [-0.39, 0.29) is 0 Å². The maximum Gasteiger partial charge on any atom is 0.0474 e. The second-order valence-electron chi connectivity index (χ2n) is 17.2. The number of rotatable bonds is 3. The summed E-state index contributed by atoms with van der Waals surface area (Å²) in [5.74, 6) is 0. The number of hydrogen-bond donors (Lipinski definition) is 0. The van der Waals surface area contributed by atoms with Crippen LogP contribution in [0.15, 0.2) is 0 Å². The molecule has 0 aromatic rings. The smallest absolute Gasteiger partial charge is 0.0474 e. The van der Waals surface area contributed by atoms with Gasteiger partial charge in [-0.25, -0.2) is 0 Å². The summed E-state index contributed by atoms with van der Waals surface area (Å²) in [6, 6.07) is 0. The molecule has 0 unspecified atom stereocenters. The van der Waals surface area contributed by atoms with Gasteiger partial charge < -0.3 is 0 Å². The summed E-state index contributed by atoms with van der Waals surface area (Å²) in [5.41, 5.74) is 0. The molecule has 0 heterocycles. The molecule has 4 heteroatoms. The lowest BCUT2D eigenvalue weighted by Gasteiger charge is -2.72. The van der Waals surface area contributed by atoms with E-state index in [1.807, 2.05) is 0 Å². The van der Waals surface area contributed by atoms with Crippen molar-refractivity contribution in [2.24, 2.45) is 0 Å². The van der Waals surface area contributed by atoms with Crippen molar-refractivity contribution >= 4 is 30.1 Å². The van der Waals surface area contributed by atoms with Crippen LogP contribution in [-0.4, -0.2) is 30.1 Å². The highest BCUT2D eigenvalue weighted by Gasteiger charge is 2.73. The Morgan fingerprint density at radius 1 is 0.290 bits per heavy atom. The van der Waals surface area contributed by atoms with Gasteiger partial charge in [0.05, 0.1) is 0 Å². The van der Waals surface area contributed by atoms with Crippen LogP contribution in [0.5, 0.6) is 0 Å². The Morgan fingerprint density at radius 2 is 0.387 bits per heavy atom. The molecule has 0 rings (SSSR count). The first-order valence-corrected chi connectivity index (χ1v) is 24.8. The first-order valence-electron chi connectivity index (χ1n) is 12.8. The molecule has 1 radical (unpaired) electrons. The summed E-state index contributed by atoms with van der Waals surface area (Å²) in [5, 5.41) is 2.39. The van der Waals surface area contributed by atoms with E-state index >= 15 is 0 Å². The lowest BCUT2D eigenvalue weighted by atomic mass is 10.2. The lowest BCUT2D eigenvalue weighted by molar-refractivity contribution is 0.617. The molecule has 0 saturated carbocycles. The first-order chi connectivity index (χ1) is 12.9. The third kappa shape index (κ3) is 4.84. The predicted molar refractivity (Wildman–Crippen MR) is 159 cm³/mol. The largest absolute Gasteiger partial charge is 0.0709 e. The van der Waals surface area contributed by atoms with Crippen LogP contribution in [0.25, 0.3) is 0 Å². The van der Waals surface area contributed by atoms with Gasteiger partial charge in [-0.15, -0.1) is 0 Å². The van der Waals surface area contributed by atoms with Crippen molar-refractivity contribution in [2.45, 2.75) is 174 Å². The molecule has 0 fully saturated rings. The summed E-state index contributed by atoms with van der Waals surface area (Å²) in [4.78, 5) is 0. The van der Waals surface area contributed by atoms with Crippen LogP contribution in [0.4, 0.5) is 0 Å². The number of hydrogen-bond acceptors (Lipinski definition) is 0. The van der Waals surface area contributed by atoms with Crippen LogP contribution >= 0.6 is 0 Å². The van der Waals surface area contributed by atoms with Crippen LogP contribution in [0.3, 0.4) is 0 Å². The summed E-state index contributed by atoms with van der Waals surface area (Å²) in [6.45, 7) is 56.1. The summed E-state index contributed by atoms with van der Waals surface area (Å²) in [7, 11) is -5.98. The second-order valence-corrected chi connectivity index (χ2v) is 51.8. The van der Waals surface area contributed by atoms with Crippen molar-refractivity contribution in [3.8, 4) is 0 Å². The minimum absolute atomic E-state index is 0.398. The normalized spacial score (nSPS) is 16.8. The monoisotopic (exact) mass is 499 g/mol. The second kappa shape index (κ2) is 8.22. The van der Waals surface area contributed by atoms with Crippen molar-refractivity contribution < 1.29 is 0 Å². The Labute approximate surface area is 204 Å². The minimum Gasteiger partial charge on any atom is -0.0709 e. The van der Waals surface area contributed by atoms with Crippen LogP contribution in [0, 0.1) is 0 Å². The van der Waals surface area contributed by atoms with Crippen LogP contribution in [0.1, 0.15) is 125 Å². The van der Waals surface area contributed by atoms with Gasteiger partial charge in [-0.05, 0) is 30.2 Å². The maximum absolute atomic E-state index is 2.90. The van der Waals surface area contributed by atoms with Gasteiger partial charge in [0, 0.05) is 30.1 Å². The predicted octanol–water partition coefficient (Wildman–Crippen LogP) is 10.8. The van der Waals surface area contributed by atoms with Crippen molar-refractivity contribution in [3.05, 3.63) is 0 Å². The summed E-state index contributed by atoms with van der Waals surface area (Å²) < 4.78 is 0. The van der Waals surface area contributed by atoms with Crippen molar-refractivity contribution in [3.63, 3.8) is 0 Å². The molecule has 0 nitrogen and oxygen atoms in total. The Morgan fingerprint density at radius 3 is 0.452 bits per heavy atom. The Kier molecular flexibility index (Phi) is 8.45. The van der Waals surface area contributed by atoms with E-state index in [1.165, 1.54) is 0 Å². The van der Waals surface area contributed by atoms with Crippen LogP contribution in [0.2, 0.25) is 49.9 Å². The zero-order chi connectivity index (χ0) is 26.1. The van der Waals surface area contributed by atoms with Crippen molar-refractivity contribution in [1.82, 2.24) is 0 Å². The zero-order valence-electron chi connectivity index (χ0n) is 26.0. The van der Waals surface area contributed by atoms with Gasteiger partial charge in [-0.2, -0.15) is 0 Å². The van der Waals surface area contributed by atoms with Crippen molar-refractivity contribution in [1.29, 1.82) is 0 Å². The minimum atomic E-state index is -1.77. The van der Waals surface area contributed by atoms with Gasteiger partial charge in [0.1, 0.15) is 0 Å². The van der Waals surface area contributed by atoms with E-state index in [4.69, 9.17) is 0 Å². The third-order valence-corrected chi connectivity index (χ3v) is 81.0. The van der Waals surface area contributed by atoms with E-state index in [1.54, 1.807) is 0 Å². The van der Waals surface area contributed by atoms with Gasteiger partial charge in [-0.3, -0.25) is 0 Å². The molecule has 31 heavy (non-hydrogen) atoms. The third-order valence-electron chi connectivity index (χ3n) is 10.5. The molecule has 0 amide bonds. The Bertz CT molecular complexity index is 487. The van der Waals surface area contributed by atoms with Crippen LogP contribution in [-0.2, 0) is 0 Å². The van der Waals surface area contributed by atoms with Gasteiger partial charge in [0.25, 0.3) is 0 Å². The average molecular weight is 500 g/mol. The zero-order valence-corrected chi connectivity index (χ0v) is 30.0. The van der Waals surface area contributed by atoms with Crippen molar-refractivity contribution in [2.75, 3.05) is 0 Å². The lowest BCUT2D eigenvalue weighted by Crippen LogP contribution is -2.87. The molecular weight excluding hydrogens is 437 g/mol. The molecule has 0 saturated heterocycles. The molecule has 0 aromatic carbocycles. The standard InChI is InChI=1S/C27H63Si4/c1-22(2,3)29(19,23(4,5)6)28(30(20,24(7,8)9)25(10,11)12)31(21,26(13,14)15)27(16,17)18/h1-21H3. The molecule has 0 spiro atoms. The summed E-state index contributed by atoms with van der Waals surface area (Å²) >= 11 is 0. The van der Waals surface area contributed by atoms with E-state index in [0.717, 1.165) is 0 Å². The highest BCUT2D eigenvalue weighted by atomic mass is 29.9. The van der Waals surface area contributed by atoms with E-state index in [9.17, 15) is 0 Å². The quantitative estimate of drug-likeness (QED) is 0.338. The molecule has 0 aliphatic heterocycles. The van der Waals surface area contributed by atoms with Gasteiger partial charge >= 0.3 is 0 Å². The highest BCUT2D eigenvalue weighted by Crippen LogP contribution is 2.67. The van der Waals surface area contributed by atoms with Crippen LogP contribution < -0.4 is 0 Å². The fraction of sp³-hybridized carbons (Fsp3) is 1.00. The van der Waals surface area contributed by atoms with Gasteiger partial charge in [0.2, 0.25) is 0 Å². The highest BCUT2D eigenvalue weighted by molar-refractivity contribution is 7.84.